The van der Waals surface area contributed by atoms with Gasteiger partial charge < -0.3 is 0 Å². The van der Waals surface area contributed by atoms with E-state index in [1.165, 1.54) is 18.2 Å². The van der Waals surface area contributed by atoms with Gasteiger partial charge in [0, 0.05) is 23.2 Å². The summed E-state index contributed by atoms with van der Waals surface area (Å²) in [5, 5.41) is 18.6. The average molecular weight is 422 g/mol. The fourth-order valence-corrected chi connectivity index (χ4v) is 3.12. The second kappa shape index (κ2) is 7.10. The van der Waals surface area contributed by atoms with Gasteiger partial charge in [0.25, 0.3) is 8.68 Å². The molecular weight excluding hydrogens is 418 g/mol. The van der Waals surface area contributed by atoms with Crippen LogP contribution in [0, 0.1) is 22.7 Å². The molecule has 0 fully saturated rings. The minimum absolute atomic E-state index is 0.0672. The summed E-state index contributed by atoms with van der Waals surface area (Å²) in [6, 6.07) is 7.74. The van der Waals surface area contributed by atoms with Gasteiger partial charge in [0.2, 0.25) is 0 Å². The molecule has 0 N–H and O–H groups in total. The summed E-state index contributed by atoms with van der Waals surface area (Å²) in [5.41, 5.74) is -1.99. The Morgan fingerprint density at radius 3 is 2.25 bits per heavy atom. The number of halogens is 4. The van der Waals surface area contributed by atoms with Gasteiger partial charge in [-0.1, -0.05) is 46.4 Å². The van der Waals surface area contributed by atoms with E-state index in [9.17, 15) is 14.9 Å². The first kappa shape index (κ1) is 18.7. The molecule has 0 amide bonds. The summed E-state index contributed by atoms with van der Waals surface area (Å²) < 4.78 is -0.521. The highest BCUT2D eigenvalue weighted by atomic mass is 35.6. The van der Waals surface area contributed by atoms with Gasteiger partial charge in [-0.05, 0) is 18.2 Å². The van der Waals surface area contributed by atoms with Crippen molar-refractivity contribution in [2.24, 2.45) is 0 Å². The van der Waals surface area contributed by atoms with Gasteiger partial charge in [-0.15, -0.1) is 0 Å². The van der Waals surface area contributed by atoms with Crippen molar-refractivity contribution in [3.05, 3.63) is 61.4 Å². The molecule has 0 spiro atoms. The Hall–Kier alpha value is -1.61. The van der Waals surface area contributed by atoms with Crippen molar-refractivity contribution in [1.82, 2.24) is 8.54 Å². The molecule has 0 aliphatic carbocycles. The molecule has 122 valence electrons. The van der Waals surface area contributed by atoms with Gasteiger partial charge >= 0.3 is 5.69 Å². The minimum Gasteiger partial charge on any atom is -0.267 e. The zero-order chi connectivity index (χ0) is 18.1. The fraction of sp³-hybridized carbons (Fsp3) is 0.0769. The molecule has 1 heterocycles. The SMILES string of the molecule is N#Cc1cc(Cl)ccc1-n1cc(C#N)c(=O)n(SC(Cl)(Cl)Cl)c1=O. The molecule has 0 atom stereocenters. The highest BCUT2D eigenvalue weighted by Crippen LogP contribution is 2.38. The van der Waals surface area contributed by atoms with Gasteiger partial charge in [-0.3, -0.25) is 9.36 Å². The van der Waals surface area contributed by atoms with Crippen molar-refractivity contribution < 1.29 is 0 Å². The fourth-order valence-electron chi connectivity index (χ4n) is 1.77. The number of benzene rings is 1. The zero-order valence-corrected chi connectivity index (χ0v) is 15.2. The summed E-state index contributed by atoms with van der Waals surface area (Å²) in [4.78, 5) is 24.7. The first-order valence-corrected chi connectivity index (χ1v) is 8.21. The molecule has 0 unspecified atom stereocenters. The smallest absolute Gasteiger partial charge is 0.267 e. The first-order valence-electron chi connectivity index (χ1n) is 5.93. The van der Waals surface area contributed by atoms with Crippen LogP contribution in [0.25, 0.3) is 5.69 Å². The number of nitriles is 2. The lowest BCUT2D eigenvalue weighted by molar-refractivity contribution is 0.856. The summed E-state index contributed by atoms with van der Waals surface area (Å²) in [6.45, 7) is 0. The largest absolute Gasteiger partial charge is 0.346 e. The molecule has 1 aromatic carbocycles. The molecule has 6 nitrogen and oxygen atoms in total. The molecule has 2 rings (SSSR count). The molecule has 1 aromatic heterocycles. The van der Waals surface area contributed by atoms with Crippen LogP contribution < -0.4 is 11.2 Å². The maximum atomic E-state index is 12.6. The summed E-state index contributed by atoms with van der Waals surface area (Å²) in [7, 11) is 0. The third kappa shape index (κ3) is 3.89. The van der Waals surface area contributed by atoms with Crippen LogP contribution in [-0.2, 0) is 0 Å². The number of aromatic nitrogens is 2. The molecule has 24 heavy (non-hydrogen) atoms. The Morgan fingerprint density at radius 2 is 1.71 bits per heavy atom. The predicted molar refractivity (Wildman–Crippen MR) is 94.0 cm³/mol. The van der Waals surface area contributed by atoms with Gasteiger partial charge in [-0.25, -0.2) is 4.79 Å². The quantitative estimate of drug-likeness (QED) is 0.694. The van der Waals surface area contributed by atoms with Gasteiger partial charge in [0.05, 0.1) is 11.3 Å². The lowest BCUT2D eigenvalue weighted by Crippen LogP contribution is -2.38. The lowest BCUT2D eigenvalue weighted by Gasteiger charge is -2.14. The molecule has 0 saturated carbocycles. The second-order valence-corrected chi connectivity index (χ2v) is 8.77. The van der Waals surface area contributed by atoms with Crippen LogP contribution in [0.2, 0.25) is 5.02 Å². The van der Waals surface area contributed by atoms with Crippen molar-refractivity contribution in [2.75, 3.05) is 0 Å². The van der Waals surface area contributed by atoms with E-state index < -0.39 is 14.4 Å². The summed E-state index contributed by atoms with van der Waals surface area (Å²) in [6.07, 6.45) is 1.02. The van der Waals surface area contributed by atoms with E-state index in [1.807, 2.05) is 6.07 Å². The predicted octanol–water partition coefficient (Wildman–Crippen LogP) is 3.22. The average Bonchev–Trinajstić information content (AvgIpc) is 2.51. The van der Waals surface area contributed by atoms with Crippen LogP contribution in [-0.4, -0.2) is 11.7 Å². The van der Waals surface area contributed by atoms with Crippen molar-refractivity contribution in [1.29, 1.82) is 10.5 Å². The Balaban J connectivity index is 2.85. The highest BCUT2D eigenvalue weighted by Gasteiger charge is 2.26. The third-order valence-corrected chi connectivity index (χ3v) is 4.27. The highest BCUT2D eigenvalue weighted by molar-refractivity contribution is 8.03. The van der Waals surface area contributed by atoms with Crippen LogP contribution in [0.5, 0.6) is 0 Å². The minimum atomic E-state index is -2.01. The number of hydrogen-bond acceptors (Lipinski definition) is 5. The topological polar surface area (TPSA) is 91.6 Å². The number of hydrogen-bond donors (Lipinski definition) is 0. The Morgan fingerprint density at radius 1 is 1.08 bits per heavy atom. The van der Waals surface area contributed by atoms with Crippen LogP contribution in [0.15, 0.2) is 34.0 Å². The van der Waals surface area contributed by atoms with E-state index in [0.717, 1.165) is 10.8 Å². The van der Waals surface area contributed by atoms with Crippen LogP contribution in [0.4, 0.5) is 0 Å². The van der Waals surface area contributed by atoms with E-state index in [4.69, 9.17) is 51.7 Å². The maximum absolute atomic E-state index is 12.6. The molecular formula is C13H4Cl4N4O2S. The zero-order valence-electron chi connectivity index (χ0n) is 11.3. The second-order valence-electron chi connectivity index (χ2n) is 4.22. The van der Waals surface area contributed by atoms with Gasteiger partial charge in [0.1, 0.15) is 17.7 Å². The van der Waals surface area contributed by atoms with E-state index in [-0.39, 0.29) is 21.8 Å². The normalized spacial score (nSPS) is 10.9. The number of nitrogens with zero attached hydrogens (tertiary/aromatic N) is 4. The van der Waals surface area contributed by atoms with Crippen molar-refractivity contribution >= 4 is 58.4 Å². The molecule has 11 heteroatoms. The molecule has 0 aliphatic heterocycles. The Kier molecular flexibility index (Phi) is 5.54. The van der Waals surface area contributed by atoms with Gasteiger partial charge in [-0.2, -0.15) is 14.5 Å². The lowest BCUT2D eigenvalue weighted by atomic mass is 10.2. The van der Waals surface area contributed by atoms with Gasteiger partial charge in [0.15, 0.2) is 0 Å². The maximum Gasteiger partial charge on any atom is 0.346 e. The summed E-state index contributed by atoms with van der Waals surface area (Å²) in [5.74, 6) is 0. The van der Waals surface area contributed by atoms with Crippen LogP contribution in [0.1, 0.15) is 11.1 Å². The van der Waals surface area contributed by atoms with Crippen molar-refractivity contribution in [3.63, 3.8) is 0 Å². The monoisotopic (exact) mass is 420 g/mol. The third-order valence-electron chi connectivity index (χ3n) is 2.71. The van der Waals surface area contributed by atoms with E-state index in [2.05, 4.69) is 0 Å². The molecule has 0 radical (unpaired) electrons. The van der Waals surface area contributed by atoms with Crippen molar-refractivity contribution in [3.8, 4) is 17.8 Å². The Bertz CT molecular complexity index is 1010. The number of alkyl halides is 3. The van der Waals surface area contributed by atoms with Crippen LogP contribution >= 0.6 is 58.4 Å². The Labute approximate surface area is 159 Å². The molecule has 0 aliphatic rings. The standard InChI is InChI=1S/C13H4Cl4N4O2S/c14-9-1-2-10(7(3-9)4-18)20-6-8(5-19)11(22)21(12(20)23)24-13(15,16)17/h1-3,6H. The molecule has 2 aromatic rings. The summed E-state index contributed by atoms with van der Waals surface area (Å²) >= 11 is 23.0. The first-order chi connectivity index (χ1) is 11.2. The van der Waals surface area contributed by atoms with E-state index in [1.54, 1.807) is 6.07 Å². The van der Waals surface area contributed by atoms with Crippen molar-refractivity contribution in [2.45, 2.75) is 3.12 Å². The van der Waals surface area contributed by atoms with Crippen LogP contribution in [0.3, 0.4) is 0 Å². The molecule has 0 saturated heterocycles. The molecule has 0 bridgehead atoms. The van der Waals surface area contributed by atoms with E-state index >= 15 is 0 Å². The van der Waals surface area contributed by atoms with E-state index in [0.29, 0.717) is 15.9 Å². The number of rotatable bonds is 2.